The number of ether oxygens (including phenoxy) is 1. The average Bonchev–Trinajstić information content (AvgIpc) is 2.85. The maximum Gasteiger partial charge on any atom is 0.334 e. The molecule has 2 rings (SSSR count). The molecule has 2 N–H and O–H groups in total. The van der Waals surface area contributed by atoms with Gasteiger partial charge in [-0.25, -0.2) is 26.7 Å². The van der Waals surface area contributed by atoms with Crippen LogP contribution < -0.4 is 4.72 Å². The molecule has 1 aliphatic heterocycles. The third-order valence-electron chi connectivity index (χ3n) is 3.31. The molecule has 1 aromatic rings. The summed E-state index contributed by atoms with van der Waals surface area (Å²) in [5.41, 5.74) is -0.306. The molecule has 0 radical (unpaired) electrons. The molecule has 1 aromatic carbocycles. The molecule has 122 valence electrons. The first kappa shape index (κ1) is 16.8. The van der Waals surface area contributed by atoms with E-state index in [0.717, 1.165) is 24.3 Å². The fraction of sp³-hybridized carbons (Fsp3) is 0.462. The van der Waals surface area contributed by atoms with Crippen LogP contribution in [0.3, 0.4) is 0 Å². The number of carbonyl (C=O) groups is 1. The lowest BCUT2D eigenvalue weighted by molar-refractivity contribution is -0.148. The van der Waals surface area contributed by atoms with Crippen molar-refractivity contribution in [1.82, 2.24) is 4.72 Å². The lowest BCUT2D eigenvalue weighted by Crippen LogP contribution is -2.43. The molecule has 0 spiro atoms. The number of alkyl halides is 2. The van der Waals surface area contributed by atoms with Gasteiger partial charge in [-0.2, -0.15) is 0 Å². The Balaban J connectivity index is 2.18. The van der Waals surface area contributed by atoms with Gasteiger partial charge in [0.25, 0.3) is 5.92 Å². The molecule has 0 aromatic heterocycles. The van der Waals surface area contributed by atoms with Crippen LogP contribution in [0.15, 0.2) is 29.2 Å². The molecule has 9 heteroatoms. The van der Waals surface area contributed by atoms with Crippen molar-refractivity contribution >= 4 is 16.0 Å². The van der Waals surface area contributed by atoms with Crippen LogP contribution in [0.5, 0.6) is 0 Å². The van der Waals surface area contributed by atoms with Crippen LogP contribution >= 0.6 is 0 Å². The summed E-state index contributed by atoms with van der Waals surface area (Å²) in [6.07, 6.45) is -1.03. The van der Waals surface area contributed by atoms with Crippen molar-refractivity contribution in [2.45, 2.75) is 36.3 Å². The van der Waals surface area contributed by atoms with E-state index in [-0.39, 0.29) is 23.5 Å². The second-order valence-corrected chi connectivity index (χ2v) is 6.77. The fourth-order valence-corrected chi connectivity index (χ4v) is 3.42. The van der Waals surface area contributed by atoms with Crippen LogP contribution in [0, 0.1) is 0 Å². The van der Waals surface area contributed by atoms with Crippen molar-refractivity contribution in [2.24, 2.45) is 0 Å². The zero-order valence-electron chi connectivity index (χ0n) is 11.6. The monoisotopic (exact) mass is 335 g/mol. The molecule has 1 aliphatic rings. The van der Waals surface area contributed by atoms with E-state index in [1.807, 2.05) is 0 Å². The molecule has 22 heavy (non-hydrogen) atoms. The summed E-state index contributed by atoms with van der Waals surface area (Å²) in [6, 6.07) is 3.26. The van der Waals surface area contributed by atoms with Gasteiger partial charge in [0, 0.05) is 19.1 Å². The summed E-state index contributed by atoms with van der Waals surface area (Å²) in [5.74, 6) is -4.32. The zero-order chi connectivity index (χ0) is 16.5. The van der Waals surface area contributed by atoms with E-state index in [1.165, 1.54) is 0 Å². The number of aliphatic carboxylic acids is 1. The Morgan fingerprint density at radius 2 is 1.95 bits per heavy atom. The number of benzene rings is 1. The molecule has 0 saturated carbocycles. The first-order valence-corrected chi connectivity index (χ1v) is 7.95. The van der Waals surface area contributed by atoms with Gasteiger partial charge in [0.1, 0.15) is 0 Å². The molecular weight excluding hydrogens is 320 g/mol. The minimum atomic E-state index is -4.01. The largest absolute Gasteiger partial charge is 0.479 e. The normalized spacial score (nSPS) is 22.7. The number of halogens is 2. The van der Waals surface area contributed by atoms with Crippen LogP contribution in [-0.2, 0) is 25.5 Å². The first-order valence-electron chi connectivity index (χ1n) is 6.46. The zero-order valence-corrected chi connectivity index (χ0v) is 12.4. The van der Waals surface area contributed by atoms with Gasteiger partial charge in [-0.1, -0.05) is 12.1 Å². The first-order chi connectivity index (χ1) is 10.1. The van der Waals surface area contributed by atoms with Gasteiger partial charge in [0.05, 0.1) is 10.9 Å². The van der Waals surface area contributed by atoms with Crippen molar-refractivity contribution in [3.05, 3.63) is 29.8 Å². The number of carboxylic acid groups (broad SMARTS) is 1. The summed E-state index contributed by atoms with van der Waals surface area (Å²) < 4.78 is 57.7. The van der Waals surface area contributed by atoms with Gasteiger partial charge >= 0.3 is 5.97 Å². The van der Waals surface area contributed by atoms with E-state index >= 15 is 0 Å². The number of sulfonamides is 1. The highest BCUT2D eigenvalue weighted by atomic mass is 32.2. The van der Waals surface area contributed by atoms with E-state index in [1.54, 1.807) is 0 Å². The summed E-state index contributed by atoms with van der Waals surface area (Å²) in [5, 5.41) is 8.93. The van der Waals surface area contributed by atoms with Gasteiger partial charge in [0.15, 0.2) is 6.10 Å². The van der Waals surface area contributed by atoms with Crippen molar-refractivity contribution < 1.29 is 31.8 Å². The summed E-state index contributed by atoms with van der Waals surface area (Å²) in [6.45, 7) is 0.841. The minimum Gasteiger partial charge on any atom is -0.479 e. The molecule has 0 amide bonds. The minimum absolute atomic E-state index is 0.130. The maximum atomic E-state index is 13.1. The topological polar surface area (TPSA) is 92.7 Å². The van der Waals surface area contributed by atoms with Crippen LogP contribution in [-0.4, -0.2) is 38.2 Å². The summed E-state index contributed by atoms with van der Waals surface area (Å²) in [4.78, 5) is 10.7. The SMILES string of the molecule is CC(F)(F)c1ccc(S(=O)(=O)N[C@@H]2CCO[C@@H]2C(=O)O)cc1. The van der Waals surface area contributed by atoms with E-state index in [9.17, 15) is 22.0 Å². The van der Waals surface area contributed by atoms with Gasteiger partial charge in [-0.3, -0.25) is 0 Å². The highest BCUT2D eigenvalue weighted by Crippen LogP contribution is 2.27. The third kappa shape index (κ3) is 3.60. The second-order valence-electron chi connectivity index (χ2n) is 5.06. The number of carboxylic acids is 1. The smallest absolute Gasteiger partial charge is 0.334 e. The lowest BCUT2D eigenvalue weighted by Gasteiger charge is -2.17. The summed E-state index contributed by atoms with van der Waals surface area (Å²) in [7, 11) is -4.01. The lowest BCUT2D eigenvalue weighted by atomic mass is 10.1. The molecule has 1 heterocycles. The number of hydrogen-bond acceptors (Lipinski definition) is 4. The van der Waals surface area contributed by atoms with E-state index in [0.29, 0.717) is 6.92 Å². The Morgan fingerprint density at radius 1 is 1.36 bits per heavy atom. The van der Waals surface area contributed by atoms with Crippen molar-refractivity contribution in [3.63, 3.8) is 0 Å². The van der Waals surface area contributed by atoms with Crippen molar-refractivity contribution in [1.29, 1.82) is 0 Å². The average molecular weight is 335 g/mol. The predicted octanol–water partition coefficient (Wildman–Crippen LogP) is 1.32. The highest BCUT2D eigenvalue weighted by Gasteiger charge is 2.37. The van der Waals surface area contributed by atoms with E-state index in [2.05, 4.69) is 4.72 Å². The van der Waals surface area contributed by atoms with Crippen LogP contribution in [0.1, 0.15) is 18.9 Å². The van der Waals surface area contributed by atoms with Gasteiger partial charge < -0.3 is 9.84 Å². The van der Waals surface area contributed by atoms with Crippen molar-refractivity contribution in [3.8, 4) is 0 Å². The van der Waals surface area contributed by atoms with Crippen LogP contribution in [0.25, 0.3) is 0 Å². The van der Waals surface area contributed by atoms with E-state index < -0.39 is 34.1 Å². The molecule has 2 atom stereocenters. The van der Waals surface area contributed by atoms with E-state index in [4.69, 9.17) is 9.84 Å². The van der Waals surface area contributed by atoms with Gasteiger partial charge in [-0.05, 0) is 18.6 Å². The maximum absolute atomic E-state index is 13.1. The Hall–Kier alpha value is -1.58. The Morgan fingerprint density at radius 3 is 2.45 bits per heavy atom. The highest BCUT2D eigenvalue weighted by molar-refractivity contribution is 7.89. The van der Waals surface area contributed by atoms with Crippen molar-refractivity contribution in [2.75, 3.05) is 6.61 Å². The standard InChI is InChI=1S/C13H15F2NO5S/c1-13(14,15)8-2-4-9(5-3-8)22(19,20)16-10-6-7-21-11(10)12(17)18/h2-5,10-11,16H,6-7H2,1H3,(H,17,18)/t10-,11+/m1/s1. The van der Waals surface area contributed by atoms with Crippen LogP contribution in [0.2, 0.25) is 0 Å². The third-order valence-corrected chi connectivity index (χ3v) is 4.82. The molecule has 1 fully saturated rings. The molecule has 0 bridgehead atoms. The number of hydrogen-bond donors (Lipinski definition) is 2. The fourth-order valence-electron chi connectivity index (χ4n) is 2.15. The number of rotatable bonds is 5. The number of nitrogens with one attached hydrogen (secondary N) is 1. The van der Waals surface area contributed by atoms with Gasteiger partial charge in [-0.15, -0.1) is 0 Å². The van der Waals surface area contributed by atoms with Crippen LogP contribution in [0.4, 0.5) is 8.78 Å². The molecule has 0 unspecified atom stereocenters. The molecule has 0 aliphatic carbocycles. The predicted molar refractivity (Wildman–Crippen MR) is 72.1 cm³/mol. The molecular formula is C13H15F2NO5S. The van der Waals surface area contributed by atoms with Gasteiger partial charge in [0.2, 0.25) is 10.0 Å². The Bertz CT molecular complexity index is 654. The molecule has 6 nitrogen and oxygen atoms in total. The summed E-state index contributed by atoms with van der Waals surface area (Å²) >= 11 is 0. The second kappa shape index (κ2) is 5.90. The Labute approximate surface area is 126 Å². The Kier molecular flexibility index (Phi) is 4.50. The quantitative estimate of drug-likeness (QED) is 0.846. The molecule has 1 saturated heterocycles.